The number of aliphatic hydroxyl groups is 3. The summed E-state index contributed by atoms with van der Waals surface area (Å²) in [5.74, 6) is -1.89. The first-order valence-corrected chi connectivity index (χ1v) is 13.0. The molecule has 1 aromatic rings. The van der Waals surface area contributed by atoms with E-state index in [0.29, 0.717) is 31.2 Å². The Kier molecular flexibility index (Phi) is 11.6. The highest BCUT2D eigenvalue weighted by atomic mass is 16.7. The molecule has 1 aliphatic heterocycles. The molecule has 7 atom stereocenters. The molecule has 0 amide bonds. The Morgan fingerprint density at radius 1 is 1.12 bits per heavy atom. The molecule has 12 heteroatoms. The summed E-state index contributed by atoms with van der Waals surface area (Å²) in [5.41, 5.74) is 0.566. The largest absolute Gasteiger partial charge is 0.504 e. The van der Waals surface area contributed by atoms with Crippen molar-refractivity contribution in [2.24, 2.45) is 11.8 Å². The number of carbonyl (C=O) groups excluding carboxylic acids is 2. The summed E-state index contributed by atoms with van der Waals surface area (Å²) in [6.45, 7) is -0.330. The van der Waals surface area contributed by atoms with E-state index in [4.69, 9.17) is 24.1 Å². The lowest BCUT2D eigenvalue weighted by molar-refractivity contribution is -0.301. The quantitative estimate of drug-likeness (QED) is 0.0997. The van der Waals surface area contributed by atoms with Gasteiger partial charge in [0.2, 0.25) is 0 Å². The Labute approximate surface area is 231 Å². The highest BCUT2D eigenvalue weighted by Crippen LogP contribution is 2.34. The molecule has 1 heterocycles. The van der Waals surface area contributed by atoms with Gasteiger partial charge in [0, 0.05) is 24.8 Å². The Balaban J connectivity index is 1.44. The predicted octanol–water partition coefficient (Wildman–Crippen LogP) is 1.19. The number of carbonyl (C=O) groups is 3. The Morgan fingerprint density at radius 3 is 2.62 bits per heavy atom. The summed E-state index contributed by atoms with van der Waals surface area (Å²) in [6.07, 6.45) is 0.807. The van der Waals surface area contributed by atoms with Gasteiger partial charge in [-0.1, -0.05) is 18.2 Å². The molecule has 1 aromatic carbocycles. The number of allylic oxidation sites excluding steroid dienone is 1. The molecule has 0 radical (unpaired) electrons. The van der Waals surface area contributed by atoms with Gasteiger partial charge in [-0.05, 0) is 49.0 Å². The molecular formula is C28H36O12. The number of aromatic hydroxyl groups is 1. The lowest BCUT2D eigenvalue weighted by Gasteiger charge is -2.39. The maximum Gasteiger partial charge on any atom is 0.330 e. The van der Waals surface area contributed by atoms with Crippen LogP contribution in [0, 0.1) is 11.8 Å². The number of esters is 1. The number of hydrogen-bond donors (Lipinski definition) is 5. The molecule has 0 bridgehead atoms. The van der Waals surface area contributed by atoms with Crippen LogP contribution in [-0.4, -0.2) is 94.3 Å². The average Bonchev–Trinajstić information content (AvgIpc) is 3.27. The van der Waals surface area contributed by atoms with Gasteiger partial charge in [-0.25, -0.2) is 4.79 Å². The van der Waals surface area contributed by atoms with Crippen LogP contribution in [0.3, 0.4) is 0 Å². The first-order valence-electron chi connectivity index (χ1n) is 13.0. The minimum absolute atomic E-state index is 0.0289. The number of benzene rings is 1. The fourth-order valence-corrected chi connectivity index (χ4v) is 4.75. The van der Waals surface area contributed by atoms with Crippen LogP contribution in [0.15, 0.2) is 36.4 Å². The van der Waals surface area contributed by atoms with E-state index in [1.165, 1.54) is 25.3 Å². The molecule has 0 spiro atoms. The average molecular weight is 565 g/mol. The maximum absolute atomic E-state index is 12.1. The number of Topliss-reactive ketones (excluding diaryl/α,β-unsaturated/α-hetero) is 1. The number of hydrogen-bond acceptors (Lipinski definition) is 11. The van der Waals surface area contributed by atoms with Crippen LogP contribution >= 0.6 is 0 Å². The molecule has 40 heavy (non-hydrogen) atoms. The number of carboxylic acid groups (broad SMARTS) is 1. The van der Waals surface area contributed by atoms with Crippen molar-refractivity contribution in [1.29, 1.82) is 0 Å². The van der Waals surface area contributed by atoms with Gasteiger partial charge >= 0.3 is 11.9 Å². The first kappa shape index (κ1) is 31.2. The van der Waals surface area contributed by atoms with Crippen LogP contribution in [0.5, 0.6) is 11.5 Å². The van der Waals surface area contributed by atoms with Crippen molar-refractivity contribution in [1.82, 2.24) is 0 Å². The molecule has 1 saturated carbocycles. The third kappa shape index (κ3) is 8.60. The molecule has 3 rings (SSSR count). The van der Waals surface area contributed by atoms with Crippen LogP contribution in [0.2, 0.25) is 0 Å². The number of phenolic OH excluding ortho intramolecular Hbond substituents is 1. The van der Waals surface area contributed by atoms with Gasteiger partial charge in [0.1, 0.15) is 36.8 Å². The van der Waals surface area contributed by atoms with Crippen molar-refractivity contribution in [3.05, 3.63) is 42.0 Å². The first-order chi connectivity index (χ1) is 19.1. The molecule has 2 aliphatic rings. The number of aliphatic carboxylic acids is 1. The Hall–Kier alpha value is -3.29. The van der Waals surface area contributed by atoms with E-state index in [2.05, 4.69) is 0 Å². The Bertz CT molecular complexity index is 1080. The summed E-state index contributed by atoms with van der Waals surface area (Å²) >= 11 is 0. The number of rotatable bonds is 13. The van der Waals surface area contributed by atoms with Crippen molar-refractivity contribution < 1.29 is 58.9 Å². The molecule has 220 valence electrons. The normalized spacial score (nSPS) is 28.8. The second-order valence-corrected chi connectivity index (χ2v) is 9.75. The zero-order chi connectivity index (χ0) is 29.2. The summed E-state index contributed by atoms with van der Waals surface area (Å²) < 4.78 is 21.2. The molecule has 0 aromatic heterocycles. The molecule has 5 N–H and O–H groups in total. The number of carboxylic acids is 1. The van der Waals surface area contributed by atoms with Crippen LogP contribution < -0.4 is 4.74 Å². The number of aliphatic hydroxyl groups excluding tert-OH is 3. The van der Waals surface area contributed by atoms with Gasteiger partial charge in [-0.15, -0.1) is 0 Å². The SMILES string of the molecule is COc1cc(/C=C/C(=O)OC[C@H]2O[C@@H](OCC/C=C\C[C@H]3C(=O)CC[C@@H]3CC(=O)O)[C@H](O)[C@@H](O)[C@@H]2O)ccc1O. The summed E-state index contributed by atoms with van der Waals surface area (Å²) in [5, 5.41) is 49.4. The van der Waals surface area contributed by atoms with Crippen molar-refractivity contribution >= 4 is 23.8 Å². The molecule has 1 aliphatic carbocycles. The van der Waals surface area contributed by atoms with Gasteiger partial charge in [0.15, 0.2) is 17.8 Å². The van der Waals surface area contributed by atoms with Crippen LogP contribution in [0.25, 0.3) is 6.08 Å². The summed E-state index contributed by atoms with van der Waals surface area (Å²) in [7, 11) is 1.39. The summed E-state index contributed by atoms with van der Waals surface area (Å²) in [6, 6.07) is 4.49. The van der Waals surface area contributed by atoms with Gasteiger partial charge in [0.05, 0.1) is 13.7 Å². The Morgan fingerprint density at radius 2 is 1.90 bits per heavy atom. The number of methoxy groups -OCH3 is 1. The second-order valence-electron chi connectivity index (χ2n) is 9.75. The fraction of sp³-hybridized carbons (Fsp3) is 0.536. The van der Waals surface area contributed by atoms with E-state index in [0.717, 1.165) is 6.08 Å². The number of ketones is 1. The third-order valence-electron chi connectivity index (χ3n) is 6.98. The van der Waals surface area contributed by atoms with Gasteiger partial charge in [-0.3, -0.25) is 9.59 Å². The molecule has 1 saturated heterocycles. The van der Waals surface area contributed by atoms with E-state index in [-0.39, 0.29) is 42.1 Å². The maximum atomic E-state index is 12.1. The number of phenols is 1. The van der Waals surface area contributed by atoms with Gasteiger partial charge in [0.25, 0.3) is 0 Å². The van der Waals surface area contributed by atoms with E-state index >= 15 is 0 Å². The highest BCUT2D eigenvalue weighted by Gasteiger charge is 2.44. The smallest absolute Gasteiger partial charge is 0.330 e. The molecule has 2 fully saturated rings. The minimum atomic E-state index is -1.60. The molecule has 12 nitrogen and oxygen atoms in total. The molecule has 0 unspecified atom stereocenters. The zero-order valence-electron chi connectivity index (χ0n) is 22.1. The van der Waals surface area contributed by atoms with E-state index in [1.807, 2.05) is 0 Å². The highest BCUT2D eigenvalue weighted by molar-refractivity contribution is 5.87. The zero-order valence-corrected chi connectivity index (χ0v) is 22.1. The molecular weight excluding hydrogens is 528 g/mol. The topological polar surface area (TPSA) is 189 Å². The lowest BCUT2D eigenvalue weighted by atomic mass is 9.89. The van der Waals surface area contributed by atoms with Crippen LogP contribution in [-0.2, 0) is 28.6 Å². The van der Waals surface area contributed by atoms with Crippen molar-refractivity contribution in [2.75, 3.05) is 20.3 Å². The minimum Gasteiger partial charge on any atom is -0.504 e. The fourth-order valence-electron chi connectivity index (χ4n) is 4.75. The van der Waals surface area contributed by atoms with E-state index < -0.39 is 49.3 Å². The van der Waals surface area contributed by atoms with Gasteiger partial charge < -0.3 is 44.5 Å². The standard InChI is InChI=1S/C28H36O12/c1-37-21-13-16(6-9-20(21)30)7-11-24(33)39-15-22-25(34)26(35)27(36)28(40-22)38-12-4-2-3-5-18-17(14-23(31)32)8-10-19(18)29/h2-3,6-7,9,11,13,17-18,22,25-28,30,34-36H,4-5,8,10,12,14-15H2,1H3,(H,31,32)/b3-2-,11-7+/t17-,18-,22-,25-,26+,27-,28-/m1/s1. The van der Waals surface area contributed by atoms with E-state index in [1.54, 1.807) is 18.2 Å². The van der Waals surface area contributed by atoms with E-state index in [9.17, 15) is 34.8 Å². The van der Waals surface area contributed by atoms with Crippen molar-refractivity contribution in [2.45, 2.75) is 62.8 Å². The van der Waals surface area contributed by atoms with Crippen LogP contribution in [0.1, 0.15) is 37.7 Å². The monoisotopic (exact) mass is 564 g/mol. The van der Waals surface area contributed by atoms with Crippen molar-refractivity contribution in [3.8, 4) is 11.5 Å². The lowest BCUT2D eigenvalue weighted by Crippen LogP contribution is -2.59. The van der Waals surface area contributed by atoms with Gasteiger partial charge in [-0.2, -0.15) is 0 Å². The predicted molar refractivity (Wildman–Crippen MR) is 139 cm³/mol. The van der Waals surface area contributed by atoms with Crippen molar-refractivity contribution in [3.63, 3.8) is 0 Å². The van der Waals surface area contributed by atoms with Crippen LogP contribution in [0.4, 0.5) is 0 Å². The number of ether oxygens (including phenoxy) is 4. The third-order valence-corrected chi connectivity index (χ3v) is 6.98. The summed E-state index contributed by atoms with van der Waals surface area (Å²) in [4.78, 5) is 35.2. The second kappa shape index (κ2) is 14.9.